The lowest BCUT2D eigenvalue weighted by Crippen LogP contribution is -2.31. The van der Waals surface area contributed by atoms with Crippen molar-refractivity contribution in [2.45, 2.75) is 11.4 Å². The Morgan fingerprint density at radius 3 is 2.62 bits per heavy atom. The molecule has 1 aromatic heterocycles. The van der Waals surface area contributed by atoms with Gasteiger partial charge in [0.2, 0.25) is 0 Å². The summed E-state index contributed by atoms with van der Waals surface area (Å²) < 4.78 is 38.0. The second-order valence-electron chi connectivity index (χ2n) is 5.25. The molecule has 0 atom stereocenters. The molecule has 9 heteroatoms. The quantitative estimate of drug-likeness (QED) is 0.600. The van der Waals surface area contributed by atoms with Gasteiger partial charge in [0.15, 0.2) is 0 Å². The third kappa shape index (κ3) is 3.65. The molecule has 0 fully saturated rings. The van der Waals surface area contributed by atoms with Gasteiger partial charge in [0.05, 0.1) is 24.4 Å². The van der Waals surface area contributed by atoms with Crippen molar-refractivity contribution in [3.63, 3.8) is 0 Å². The summed E-state index contributed by atoms with van der Waals surface area (Å²) in [6.07, 6.45) is 1.37. The Kier molecular flexibility index (Phi) is 5.41. The second kappa shape index (κ2) is 7.57. The van der Waals surface area contributed by atoms with Crippen molar-refractivity contribution in [3.8, 4) is 5.75 Å². The van der Waals surface area contributed by atoms with Gasteiger partial charge in [0.1, 0.15) is 22.6 Å². The highest BCUT2D eigenvalue weighted by Crippen LogP contribution is 2.36. The SMILES string of the molecule is COc1ccccc1N(Cc1ccon1)S(=O)(=O)c1cc(Cl)ccc1Cl. The van der Waals surface area contributed by atoms with Crippen LogP contribution in [0.1, 0.15) is 5.69 Å². The number of hydrogen-bond acceptors (Lipinski definition) is 5. The Morgan fingerprint density at radius 2 is 1.92 bits per heavy atom. The molecule has 2 aromatic carbocycles. The van der Waals surface area contributed by atoms with Gasteiger partial charge in [-0.3, -0.25) is 4.31 Å². The van der Waals surface area contributed by atoms with Crippen LogP contribution in [0.4, 0.5) is 5.69 Å². The molecule has 3 aromatic rings. The molecule has 26 heavy (non-hydrogen) atoms. The van der Waals surface area contributed by atoms with E-state index < -0.39 is 10.0 Å². The summed E-state index contributed by atoms with van der Waals surface area (Å²) in [5.74, 6) is 0.387. The molecule has 0 spiro atoms. The van der Waals surface area contributed by atoms with Crippen LogP contribution in [-0.4, -0.2) is 20.7 Å². The van der Waals surface area contributed by atoms with Gasteiger partial charge >= 0.3 is 0 Å². The minimum Gasteiger partial charge on any atom is -0.495 e. The number of halogens is 2. The van der Waals surface area contributed by atoms with Crippen molar-refractivity contribution < 1.29 is 17.7 Å². The van der Waals surface area contributed by atoms with Gasteiger partial charge < -0.3 is 9.26 Å². The van der Waals surface area contributed by atoms with Crippen molar-refractivity contribution in [2.24, 2.45) is 0 Å². The highest BCUT2D eigenvalue weighted by molar-refractivity contribution is 7.93. The Bertz CT molecular complexity index is 1010. The first-order chi connectivity index (χ1) is 12.4. The highest BCUT2D eigenvalue weighted by atomic mass is 35.5. The molecular formula is C17H14Cl2N2O4S. The van der Waals surface area contributed by atoms with Crippen LogP contribution in [0.3, 0.4) is 0 Å². The molecule has 0 amide bonds. The summed E-state index contributed by atoms with van der Waals surface area (Å²) in [6.45, 7) is -0.0674. The average molecular weight is 413 g/mol. The zero-order valence-corrected chi connectivity index (χ0v) is 15.9. The summed E-state index contributed by atoms with van der Waals surface area (Å²) in [6, 6.07) is 12.6. The van der Waals surface area contributed by atoms with Crippen LogP contribution in [0, 0.1) is 0 Å². The van der Waals surface area contributed by atoms with Gasteiger partial charge in [-0.2, -0.15) is 0 Å². The average Bonchev–Trinajstić information content (AvgIpc) is 3.15. The van der Waals surface area contributed by atoms with Crippen molar-refractivity contribution in [1.82, 2.24) is 5.16 Å². The van der Waals surface area contributed by atoms with Gasteiger partial charge in [-0.25, -0.2) is 8.42 Å². The van der Waals surface area contributed by atoms with E-state index >= 15 is 0 Å². The number of ether oxygens (including phenoxy) is 1. The third-order valence-corrected chi connectivity index (χ3v) is 6.09. The van der Waals surface area contributed by atoms with Gasteiger partial charge in [0.25, 0.3) is 10.0 Å². The molecule has 136 valence electrons. The number of hydrogen-bond donors (Lipinski definition) is 0. The van der Waals surface area contributed by atoms with Crippen LogP contribution in [0.25, 0.3) is 0 Å². The fraction of sp³-hybridized carbons (Fsp3) is 0.118. The maximum Gasteiger partial charge on any atom is 0.266 e. The highest BCUT2D eigenvalue weighted by Gasteiger charge is 2.30. The lowest BCUT2D eigenvalue weighted by Gasteiger charge is -2.25. The maximum absolute atomic E-state index is 13.4. The summed E-state index contributed by atoms with van der Waals surface area (Å²) in [4.78, 5) is -0.110. The van der Waals surface area contributed by atoms with Gasteiger partial charge in [-0.15, -0.1) is 0 Å². The number of benzene rings is 2. The largest absolute Gasteiger partial charge is 0.495 e. The standard InChI is InChI=1S/C17H14Cl2N2O4S/c1-24-16-5-3-2-4-15(16)21(11-13-8-9-25-20-13)26(22,23)17-10-12(18)6-7-14(17)19/h2-10H,11H2,1H3. The lowest BCUT2D eigenvalue weighted by molar-refractivity contribution is 0.409. The van der Waals surface area contributed by atoms with Crippen LogP contribution in [0.2, 0.25) is 10.0 Å². The Balaban J connectivity index is 2.18. The first-order valence-electron chi connectivity index (χ1n) is 7.43. The Hall–Kier alpha value is -2.22. The van der Waals surface area contributed by atoms with Gasteiger partial charge in [-0.1, -0.05) is 40.5 Å². The topological polar surface area (TPSA) is 72.6 Å². The number of rotatable bonds is 6. The summed E-state index contributed by atoms with van der Waals surface area (Å²) in [5.41, 5.74) is 0.770. The number of nitrogens with zero attached hydrogens (tertiary/aromatic N) is 2. The van der Waals surface area contributed by atoms with Crippen LogP contribution >= 0.6 is 23.2 Å². The van der Waals surface area contributed by atoms with E-state index in [4.69, 9.17) is 32.5 Å². The molecule has 6 nitrogen and oxygen atoms in total. The van der Waals surface area contributed by atoms with Gasteiger partial charge in [0, 0.05) is 11.1 Å². The second-order valence-corrected chi connectivity index (χ2v) is 7.92. The van der Waals surface area contributed by atoms with E-state index in [1.54, 1.807) is 30.3 Å². The molecule has 0 unspecified atom stereocenters. The van der Waals surface area contributed by atoms with Crippen LogP contribution < -0.4 is 9.04 Å². The van der Waals surface area contributed by atoms with Crippen molar-refractivity contribution in [2.75, 3.05) is 11.4 Å². The normalized spacial score (nSPS) is 11.3. The number of para-hydroxylation sites is 2. The van der Waals surface area contributed by atoms with E-state index in [-0.39, 0.29) is 21.5 Å². The minimum atomic E-state index is -4.06. The molecule has 0 aliphatic heterocycles. The number of aromatic nitrogens is 1. The van der Waals surface area contributed by atoms with Gasteiger partial charge in [-0.05, 0) is 30.3 Å². The predicted molar refractivity (Wildman–Crippen MR) is 99.3 cm³/mol. The monoisotopic (exact) mass is 412 g/mol. The molecule has 0 bridgehead atoms. The molecule has 0 aliphatic carbocycles. The molecule has 0 aliphatic rings. The van der Waals surface area contributed by atoms with E-state index in [0.29, 0.717) is 17.1 Å². The van der Waals surface area contributed by atoms with Crippen LogP contribution in [-0.2, 0) is 16.6 Å². The predicted octanol–water partition coefficient (Wildman–Crippen LogP) is 4.39. The summed E-state index contributed by atoms with van der Waals surface area (Å²) in [5, 5.41) is 4.13. The smallest absolute Gasteiger partial charge is 0.266 e. The molecule has 3 rings (SSSR count). The Labute approximate surface area is 160 Å². The van der Waals surface area contributed by atoms with Crippen LogP contribution in [0.5, 0.6) is 5.75 Å². The van der Waals surface area contributed by atoms with E-state index in [9.17, 15) is 8.42 Å². The molecule has 0 radical (unpaired) electrons. The summed E-state index contributed by atoms with van der Waals surface area (Å²) in [7, 11) is -2.60. The fourth-order valence-corrected chi connectivity index (χ4v) is 4.58. The molecule has 0 N–H and O–H groups in total. The number of anilines is 1. The maximum atomic E-state index is 13.4. The Morgan fingerprint density at radius 1 is 1.15 bits per heavy atom. The zero-order chi connectivity index (χ0) is 18.7. The molecule has 0 saturated heterocycles. The van der Waals surface area contributed by atoms with E-state index in [1.807, 2.05) is 0 Å². The molecule has 1 heterocycles. The zero-order valence-electron chi connectivity index (χ0n) is 13.6. The van der Waals surface area contributed by atoms with E-state index in [1.165, 1.54) is 31.6 Å². The number of sulfonamides is 1. The van der Waals surface area contributed by atoms with E-state index in [0.717, 1.165) is 4.31 Å². The first-order valence-corrected chi connectivity index (χ1v) is 9.63. The minimum absolute atomic E-state index is 0.0643. The molecular weight excluding hydrogens is 399 g/mol. The van der Waals surface area contributed by atoms with Crippen molar-refractivity contribution >= 4 is 38.9 Å². The molecule has 0 saturated carbocycles. The van der Waals surface area contributed by atoms with Crippen LogP contribution in [0.15, 0.2) is 64.2 Å². The van der Waals surface area contributed by atoms with E-state index in [2.05, 4.69) is 5.16 Å². The third-order valence-electron chi connectivity index (χ3n) is 3.61. The first kappa shape index (κ1) is 18.6. The fourth-order valence-electron chi connectivity index (χ4n) is 2.40. The van der Waals surface area contributed by atoms with Crippen molar-refractivity contribution in [1.29, 1.82) is 0 Å². The summed E-state index contributed by atoms with van der Waals surface area (Å²) >= 11 is 12.1. The van der Waals surface area contributed by atoms with Crippen molar-refractivity contribution in [3.05, 3.63) is 70.5 Å². The number of methoxy groups -OCH3 is 1. The lowest BCUT2D eigenvalue weighted by atomic mass is 10.3.